The molecule has 8 nitrogen and oxygen atoms in total. The van der Waals surface area contributed by atoms with Gasteiger partial charge in [-0.3, -0.25) is 0 Å². The maximum Gasteiger partial charge on any atom is 0.220 e. The molecule has 0 atom stereocenters. The first-order valence-electron chi connectivity index (χ1n) is 10.3. The largest absolute Gasteiger partial charge is 0.505 e. The molecule has 0 aliphatic carbocycles. The van der Waals surface area contributed by atoms with E-state index in [4.69, 9.17) is 11.5 Å². The van der Waals surface area contributed by atoms with Crippen molar-refractivity contribution in [3.8, 4) is 28.4 Å². The summed E-state index contributed by atoms with van der Waals surface area (Å²) in [6.45, 7) is 6.35. The van der Waals surface area contributed by atoms with E-state index in [0.29, 0.717) is 17.3 Å². The van der Waals surface area contributed by atoms with Gasteiger partial charge in [0.15, 0.2) is 5.82 Å². The van der Waals surface area contributed by atoms with Crippen LogP contribution in [0, 0.1) is 5.82 Å². The fourth-order valence-corrected chi connectivity index (χ4v) is 3.99. The number of aromatic nitrogens is 4. The maximum absolute atomic E-state index is 14.6. The summed E-state index contributed by atoms with van der Waals surface area (Å²) in [5.41, 5.74) is 13.5. The number of hydrogen-bond donors (Lipinski definition) is 3. The molecule has 31 heavy (non-hydrogen) atoms. The molecule has 1 aliphatic rings. The molecule has 1 fully saturated rings. The summed E-state index contributed by atoms with van der Waals surface area (Å²) in [7, 11) is 0. The van der Waals surface area contributed by atoms with Crippen LogP contribution in [0.15, 0.2) is 30.5 Å². The normalized spacial score (nSPS) is 15.5. The highest BCUT2D eigenvalue weighted by Gasteiger charge is 2.25. The van der Waals surface area contributed by atoms with E-state index >= 15 is 0 Å². The summed E-state index contributed by atoms with van der Waals surface area (Å²) < 4.78 is 14.6. The molecule has 0 bridgehead atoms. The Hall–Kier alpha value is -3.33. The summed E-state index contributed by atoms with van der Waals surface area (Å²) in [6, 6.07) is 6.44. The van der Waals surface area contributed by atoms with Gasteiger partial charge in [-0.15, -0.1) is 0 Å². The van der Waals surface area contributed by atoms with E-state index in [1.54, 1.807) is 12.1 Å². The van der Waals surface area contributed by atoms with Gasteiger partial charge in [0.2, 0.25) is 5.95 Å². The van der Waals surface area contributed by atoms with Crippen LogP contribution in [0.5, 0.6) is 5.75 Å². The highest BCUT2D eigenvalue weighted by Crippen LogP contribution is 2.35. The van der Waals surface area contributed by atoms with E-state index in [9.17, 15) is 9.50 Å². The van der Waals surface area contributed by atoms with Gasteiger partial charge in [0.05, 0.1) is 5.69 Å². The van der Waals surface area contributed by atoms with Crippen molar-refractivity contribution in [1.29, 1.82) is 0 Å². The summed E-state index contributed by atoms with van der Waals surface area (Å²) in [5, 5.41) is 10.4. The zero-order valence-electron chi connectivity index (χ0n) is 17.6. The van der Waals surface area contributed by atoms with Crippen LogP contribution in [-0.2, 0) is 0 Å². The minimum atomic E-state index is -0.671. The Bertz CT molecular complexity index is 1100. The van der Waals surface area contributed by atoms with Gasteiger partial charge in [-0.1, -0.05) is 0 Å². The standard InChI is InChI=1S/C22H26FN7O/c1-12(2)30-7-4-13(5-8-30)16-11-17(28-22(25)27-16)21-18(31)10-15(23)20(29-21)14-3-6-26-19(24)9-14/h3,6,9-13,31H,4-5,7-8H2,1-2H3,(H2,24,26)(H2,25,27,28). The van der Waals surface area contributed by atoms with Crippen molar-refractivity contribution in [2.45, 2.75) is 38.6 Å². The summed E-state index contributed by atoms with van der Waals surface area (Å²) >= 11 is 0. The van der Waals surface area contributed by atoms with E-state index in [1.807, 2.05) is 0 Å². The Kier molecular flexibility index (Phi) is 5.69. The van der Waals surface area contributed by atoms with E-state index < -0.39 is 5.82 Å². The van der Waals surface area contributed by atoms with Crippen molar-refractivity contribution in [1.82, 2.24) is 24.8 Å². The maximum atomic E-state index is 14.6. The molecule has 3 aromatic rings. The second-order valence-corrected chi connectivity index (χ2v) is 8.10. The molecule has 0 unspecified atom stereocenters. The van der Waals surface area contributed by atoms with Crippen LogP contribution in [0.4, 0.5) is 16.2 Å². The number of halogens is 1. The smallest absolute Gasteiger partial charge is 0.220 e. The molecule has 4 heterocycles. The van der Waals surface area contributed by atoms with Crippen LogP contribution < -0.4 is 11.5 Å². The molecule has 162 valence electrons. The third-order valence-electron chi connectivity index (χ3n) is 5.69. The zero-order chi connectivity index (χ0) is 22.1. The first-order chi connectivity index (χ1) is 14.8. The van der Waals surface area contributed by atoms with Crippen molar-refractivity contribution < 1.29 is 9.50 Å². The lowest BCUT2D eigenvalue weighted by atomic mass is 9.92. The van der Waals surface area contributed by atoms with Gasteiger partial charge in [0.1, 0.15) is 23.0 Å². The van der Waals surface area contributed by atoms with Crippen LogP contribution in [-0.4, -0.2) is 49.1 Å². The third-order valence-corrected chi connectivity index (χ3v) is 5.69. The van der Waals surface area contributed by atoms with Crippen LogP contribution in [0.1, 0.15) is 38.3 Å². The van der Waals surface area contributed by atoms with Gasteiger partial charge in [0, 0.05) is 35.5 Å². The van der Waals surface area contributed by atoms with Crippen LogP contribution >= 0.6 is 0 Å². The molecule has 0 radical (unpaired) electrons. The SMILES string of the molecule is CC(C)N1CCC(c2cc(-c3nc(-c4ccnc(N)c4)c(F)cc3O)nc(N)n2)CC1. The van der Waals surface area contributed by atoms with Gasteiger partial charge in [-0.2, -0.15) is 0 Å². The lowest BCUT2D eigenvalue weighted by Gasteiger charge is -2.34. The minimum Gasteiger partial charge on any atom is -0.505 e. The lowest BCUT2D eigenvalue weighted by Crippen LogP contribution is -2.38. The Balaban J connectivity index is 1.71. The molecule has 1 aliphatic heterocycles. The summed E-state index contributed by atoms with van der Waals surface area (Å²) in [6.07, 6.45) is 3.39. The summed E-state index contributed by atoms with van der Waals surface area (Å²) in [5.74, 6) is -0.410. The number of hydrogen-bond acceptors (Lipinski definition) is 8. The molecular formula is C22H26FN7O. The van der Waals surface area contributed by atoms with Crippen LogP contribution in [0.25, 0.3) is 22.6 Å². The first kappa shape index (κ1) is 20.9. The van der Waals surface area contributed by atoms with Gasteiger partial charge in [-0.25, -0.2) is 24.3 Å². The molecular weight excluding hydrogens is 397 g/mol. The van der Waals surface area contributed by atoms with Crippen molar-refractivity contribution in [2.24, 2.45) is 0 Å². The second-order valence-electron chi connectivity index (χ2n) is 8.10. The summed E-state index contributed by atoms with van der Waals surface area (Å²) in [4.78, 5) is 19.4. The number of nitrogen functional groups attached to an aromatic ring is 2. The number of pyridine rings is 2. The van der Waals surface area contributed by atoms with Crippen LogP contribution in [0.2, 0.25) is 0 Å². The van der Waals surface area contributed by atoms with Crippen LogP contribution in [0.3, 0.4) is 0 Å². The molecule has 0 amide bonds. The number of nitrogens with zero attached hydrogens (tertiary/aromatic N) is 5. The van der Waals surface area contributed by atoms with Crippen molar-refractivity contribution >= 4 is 11.8 Å². The predicted molar refractivity (Wildman–Crippen MR) is 118 cm³/mol. The van der Waals surface area contributed by atoms with E-state index in [2.05, 4.69) is 38.7 Å². The molecule has 0 saturated carbocycles. The number of likely N-dealkylation sites (tertiary alicyclic amines) is 1. The molecule has 1 saturated heterocycles. The number of rotatable bonds is 4. The highest BCUT2D eigenvalue weighted by atomic mass is 19.1. The number of nitrogens with two attached hydrogens (primary N) is 2. The van der Waals surface area contributed by atoms with Gasteiger partial charge < -0.3 is 21.5 Å². The van der Waals surface area contributed by atoms with Crippen molar-refractivity contribution in [2.75, 3.05) is 24.6 Å². The Labute approximate surface area is 180 Å². The van der Waals surface area contributed by atoms with E-state index in [0.717, 1.165) is 37.7 Å². The Morgan fingerprint density at radius 1 is 1.06 bits per heavy atom. The predicted octanol–water partition coefficient (Wildman–Crippen LogP) is 3.20. The first-order valence-corrected chi connectivity index (χ1v) is 10.3. The Morgan fingerprint density at radius 2 is 1.81 bits per heavy atom. The monoisotopic (exact) mass is 423 g/mol. The molecule has 9 heteroatoms. The molecule has 0 aromatic carbocycles. The second kappa shape index (κ2) is 8.43. The lowest BCUT2D eigenvalue weighted by molar-refractivity contribution is 0.171. The number of aromatic hydroxyl groups is 1. The minimum absolute atomic E-state index is 0.0471. The molecule has 5 N–H and O–H groups in total. The fraction of sp³-hybridized carbons (Fsp3) is 0.364. The van der Waals surface area contributed by atoms with Gasteiger partial charge >= 0.3 is 0 Å². The molecule has 3 aromatic heterocycles. The van der Waals surface area contributed by atoms with Crippen molar-refractivity contribution in [3.05, 3.63) is 42.0 Å². The molecule has 0 spiro atoms. The average molecular weight is 423 g/mol. The highest BCUT2D eigenvalue weighted by molar-refractivity contribution is 5.70. The third kappa shape index (κ3) is 4.41. The zero-order valence-corrected chi connectivity index (χ0v) is 17.6. The van der Waals surface area contributed by atoms with Crippen molar-refractivity contribution in [3.63, 3.8) is 0 Å². The van der Waals surface area contributed by atoms with E-state index in [1.165, 1.54) is 12.3 Å². The number of anilines is 2. The average Bonchev–Trinajstić information content (AvgIpc) is 2.73. The topological polar surface area (TPSA) is 127 Å². The number of piperidine rings is 1. The van der Waals surface area contributed by atoms with E-state index in [-0.39, 0.29) is 34.8 Å². The molecule has 4 rings (SSSR count). The van der Waals surface area contributed by atoms with Gasteiger partial charge in [0.25, 0.3) is 0 Å². The fourth-order valence-electron chi connectivity index (χ4n) is 3.99. The van der Waals surface area contributed by atoms with Gasteiger partial charge in [-0.05, 0) is 58.0 Å². The Morgan fingerprint density at radius 3 is 2.48 bits per heavy atom. The quantitative estimate of drug-likeness (QED) is 0.584.